The zero-order valence-electron chi connectivity index (χ0n) is 15.3. The second kappa shape index (κ2) is 7.14. The van der Waals surface area contributed by atoms with Gasteiger partial charge in [0, 0.05) is 19.6 Å². The highest BCUT2D eigenvalue weighted by Gasteiger charge is 2.37. The minimum atomic E-state index is 0.234. The summed E-state index contributed by atoms with van der Waals surface area (Å²) in [5.41, 5.74) is 4.07. The lowest BCUT2D eigenvalue weighted by molar-refractivity contribution is -0.133. The van der Waals surface area contributed by atoms with E-state index in [1.165, 1.54) is 23.1 Å². The number of carbonyl (C=O) groups is 1. The van der Waals surface area contributed by atoms with E-state index < -0.39 is 0 Å². The van der Waals surface area contributed by atoms with Gasteiger partial charge in [-0.05, 0) is 74.8 Å². The maximum atomic E-state index is 12.4. The molecule has 4 nitrogen and oxygen atoms in total. The van der Waals surface area contributed by atoms with Crippen LogP contribution in [0.25, 0.3) is 0 Å². The Labute approximate surface area is 145 Å². The lowest BCUT2D eigenvalue weighted by atomic mass is 9.78. The topological polar surface area (TPSA) is 41.6 Å². The third-order valence-corrected chi connectivity index (χ3v) is 5.85. The summed E-state index contributed by atoms with van der Waals surface area (Å²) < 4.78 is 5.90. The van der Waals surface area contributed by atoms with Crippen LogP contribution in [0, 0.1) is 26.2 Å². The van der Waals surface area contributed by atoms with Crippen molar-refractivity contribution in [1.82, 2.24) is 10.2 Å². The Morgan fingerprint density at radius 3 is 2.62 bits per heavy atom. The Kier molecular flexibility index (Phi) is 5.14. The first-order chi connectivity index (χ1) is 11.5. The summed E-state index contributed by atoms with van der Waals surface area (Å²) in [6, 6.07) is 4.22. The number of carbonyl (C=O) groups excluding carboxylic acids is 1. The van der Waals surface area contributed by atoms with Crippen LogP contribution in [0.3, 0.4) is 0 Å². The van der Waals surface area contributed by atoms with Crippen molar-refractivity contribution in [3.63, 3.8) is 0 Å². The molecule has 0 aromatic heterocycles. The molecule has 0 atom stereocenters. The molecule has 1 spiro atoms. The van der Waals surface area contributed by atoms with Crippen molar-refractivity contribution >= 4 is 5.91 Å². The number of nitrogens with one attached hydrogen (secondary N) is 1. The van der Waals surface area contributed by atoms with Gasteiger partial charge in [0.05, 0.1) is 13.0 Å². The highest BCUT2D eigenvalue weighted by molar-refractivity contribution is 5.76. The Balaban J connectivity index is 1.46. The van der Waals surface area contributed by atoms with E-state index in [0.717, 1.165) is 44.8 Å². The van der Waals surface area contributed by atoms with Crippen LogP contribution in [-0.2, 0) is 4.79 Å². The average molecular weight is 330 g/mol. The van der Waals surface area contributed by atoms with Gasteiger partial charge >= 0.3 is 0 Å². The van der Waals surface area contributed by atoms with Gasteiger partial charge in [-0.1, -0.05) is 6.07 Å². The van der Waals surface area contributed by atoms with Crippen LogP contribution in [0.4, 0.5) is 0 Å². The van der Waals surface area contributed by atoms with Gasteiger partial charge in [0.25, 0.3) is 0 Å². The van der Waals surface area contributed by atoms with Gasteiger partial charge in [0.2, 0.25) is 5.91 Å². The number of amides is 1. The molecule has 24 heavy (non-hydrogen) atoms. The SMILES string of the molecule is Cc1cc(C)c(C)c(OCCC(=O)N2CCC3(CCNC3)CC2)c1. The molecule has 2 saturated heterocycles. The molecule has 0 saturated carbocycles. The summed E-state index contributed by atoms with van der Waals surface area (Å²) in [5, 5.41) is 3.47. The normalized spacial score (nSPS) is 19.7. The Morgan fingerprint density at radius 1 is 1.21 bits per heavy atom. The third-order valence-electron chi connectivity index (χ3n) is 5.85. The first-order valence-corrected chi connectivity index (χ1v) is 9.18. The molecule has 1 N–H and O–H groups in total. The van der Waals surface area contributed by atoms with Crippen LogP contribution < -0.4 is 10.1 Å². The number of hydrogen-bond donors (Lipinski definition) is 1. The number of ether oxygens (including phenoxy) is 1. The van der Waals surface area contributed by atoms with Crippen molar-refractivity contribution in [2.24, 2.45) is 5.41 Å². The van der Waals surface area contributed by atoms with Gasteiger partial charge in [-0.25, -0.2) is 0 Å². The molecular formula is C20H30N2O2. The molecule has 0 aliphatic carbocycles. The van der Waals surface area contributed by atoms with E-state index in [1.807, 2.05) is 4.90 Å². The number of piperidine rings is 1. The van der Waals surface area contributed by atoms with E-state index in [-0.39, 0.29) is 5.91 Å². The van der Waals surface area contributed by atoms with Gasteiger partial charge in [0.1, 0.15) is 5.75 Å². The molecule has 0 bridgehead atoms. The number of hydrogen-bond acceptors (Lipinski definition) is 3. The molecule has 132 valence electrons. The van der Waals surface area contributed by atoms with Crippen LogP contribution in [0.2, 0.25) is 0 Å². The van der Waals surface area contributed by atoms with Crippen molar-refractivity contribution in [3.8, 4) is 5.75 Å². The minimum absolute atomic E-state index is 0.234. The first kappa shape index (κ1) is 17.3. The molecule has 1 amide bonds. The van der Waals surface area contributed by atoms with Gasteiger partial charge in [-0.2, -0.15) is 0 Å². The predicted molar refractivity (Wildman–Crippen MR) is 96.5 cm³/mol. The molecule has 3 rings (SSSR count). The zero-order chi connectivity index (χ0) is 17.2. The lowest BCUT2D eigenvalue weighted by Gasteiger charge is -2.38. The predicted octanol–water partition coefficient (Wildman–Crippen LogP) is 2.98. The van der Waals surface area contributed by atoms with Crippen molar-refractivity contribution < 1.29 is 9.53 Å². The van der Waals surface area contributed by atoms with Crippen LogP contribution in [-0.4, -0.2) is 43.6 Å². The fourth-order valence-corrected chi connectivity index (χ4v) is 4.01. The lowest BCUT2D eigenvalue weighted by Crippen LogP contribution is -2.44. The average Bonchev–Trinajstić information content (AvgIpc) is 3.00. The number of benzene rings is 1. The Bertz CT molecular complexity index is 596. The van der Waals surface area contributed by atoms with Crippen molar-refractivity contribution in [2.45, 2.75) is 46.5 Å². The van der Waals surface area contributed by atoms with E-state index in [1.54, 1.807) is 0 Å². The molecule has 2 aliphatic rings. The Morgan fingerprint density at radius 2 is 1.96 bits per heavy atom. The standard InChI is InChI=1S/C20H30N2O2/c1-15-12-16(2)17(3)18(13-15)24-11-4-19(23)22-9-6-20(7-10-22)5-8-21-14-20/h12-13,21H,4-11,14H2,1-3H3. The van der Waals surface area contributed by atoms with E-state index in [0.29, 0.717) is 18.4 Å². The van der Waals surface area contributed by atoms with Gasteiger partial charge in [0.15, 0.2) is 0 Å². The van der Waals surface area contributed by atoms with Crippen LogP contribution >= 0.6 is 0 Å². The van der Waals surface area contributed by atoms with Gasteiger partial charge in [-0.15, -0.1) is 0 Å². The number of aryl methyl sites for hydroxylation is 2. The van der Waals surface area contributed by atoms with Crippen molar-refractivity contribution in [1.29, 1.82) is 0 Å². The van der Waals surface area contributed by atoms with Gasteiger partial charge < -0.3 is 15.0 Å². The quantitative estimate of drug-likeness (QED) is 0.923. The Hall–Kier alpha value is -1.55. The summed E-state index contributed by atoms with van der Waals surface area (Å²) in [5.74, 6) is 1.15. The molecule has 4 heteroatoms. The summed E-state index contributed by atoms with van der Waals surface area (Å²) in [6.07, 6.45) is 4.02. The summed E-state index contributed by atoms with van der Waals surface area (Å²) >= 11 is 0. The summed E-state index contributed by atoms with van der Waals surface area (Å²) in [7, 11) is 0. The molecule has 2 aliphatic heterocycles. The molecule has 0 unspecified atom stereocenters. The van der Waals surface area contributed by atoms with Gasteiger partial charge in [-0.3, -0.25) is 4.79 Å². The van der Waals surface area contributed by atoms with Crippen molar-refractivity contribution in [2.75, 3.05) is 32.8 Å². The third kappa shape index (κ3) is 3.75. The van der Waals surface area contributed by atoms with E-state index in [2.05, 4.69) is 38.2 Å². The zero-order valence-corrected chi connectivity index (χ0v) is 15.3. The van der Waals surface area contributed by atoms with Crippen LogP contribution in [0.1, 0.15) is 42.4 Å². The number of nitrogens with zero attached hydrogens (tertiary/aromatic N) is 1. The fraction of sp³-hybridized carbons (Fsp3) is 0.650. The molecule has 0 radical (unpaired) electrons. The summed E-state index contributed by atoms with van der Waals surface area (Å²) in [6.45, 7) is 10.8. The first-order valence-electron chi connectivity index (χ1n) is 9.18. The fourth-order valence-electron chi connectivity index (χ4n) is 4.01. The monoisotopic (exact) mass is 330 g/mol. The smallest absolute Gasteiger partial charge is 0.225 e. The van der Waals surface area contributed by atoms with Crippen LogP contribution in [0.15, 0.2) is 12.1 Å². The highest BCUT2D eigenvalue weighted by atomic mass is 16.5. The van der Waals surface area contributed by atoms with E-state index in [9.17, 15) is 4.79 Å². The maximum Gasteiger partial charge on any atom is 0.225 e. The second-order valence-corrected chi connectivity index (χ2v) is 7.61. The number of likely N-dealkylation sites (tertiary alicyclic amines) is 1. The minimum Gasteiger partial charge on any atom is -0.493 e. The molecule has 1 aromatic carbocycles. The molecule has 1 aromatic rings. The second-order valence-electron chi connectivity index (χ2n) is 7.61. The summed E-state index contributed by atoms with van der Waals surface area (Å²) in [4.78, 5) is 14.5. The van der Waals surface area contributed by atoms with E-state index in [4.69, 9.17) is 4.74 Å². The van der Waals surface area contributed by atoms with E-state index >= 15 is 0 Å². The molecule has 2 fully saturated rings. The number of rotatable bonds is 4. The van der Waals surface area contributed by atoms with Crippen LogP contribution in [0.5, 0.6) is 5.75 Å². The van der Waals surface area contributed by atoms with Crippen molar-refractivity contribution in [3.05, 3.63) is 28.8 Å². The largest absolute Gasteiger partial charge is 0.493 e. The maximum absolute atomic E-state index is 12.4. The molecule has 2 heterocycles. The molecular weight excluding hydrogens is 300 g/mol. The highest BCUT2D eigenvalue weighted by Crippen LogP contribution is 2.37.